The largest absolute Gasteiger partial charge is 0.310 e. The quantitative estimate of drug-likeness (QED) is 0.193. The van der Waals surface area contributed by atoms with E-state index in [0.717, 1.165) is 50.2 Å². The van der Waals surface area contributed by atoms with Crippen LogP contribution >= 0.6 is 0 Å². The molecular weight excluding hydrogens is 595 g/mol. The topological polar surface area (TPSA) is 20.3 Å². The number of hydrogen-bond acceptors (Lipinski definition) is 2. The summed E-state index contributed by atoms with van der Waals surface area (Å²) in [6, 6.07) is 62.3. The summed E-state index contributed by atoms with van der Waals surface area (Å²) in [5.74, 6) is 0.0791. The molecule has 1 heterocycles. The third kappa shape index (κ3) is 4.24. The lowest BCUT2D eigenvalue weighted by Gasteiger charge is -2.42. The van der Waals surface area contributed by atoms with Gasteiger partial charge in [-0.15, -0.1) is 0 Å². The first-order valence-electron chi connectivity index (χ1n) is 17.0. The Bertz CT molecular complexity index is 2290. The molecular formula is C47H35NO. The highest BCUT2D eigenvalue weighted by Gasteiger charge is 2.46. The van der Waals surface area contributed by atoms with Gasteiger partial charge in [0, 0.05) is 22.2 Å². The lowest BCUT2D eigenvalue weighted by Crippen LogP contribution is -2.38. The monoisotopic (exact) mass is 629 g/mol. The minimum atomic E-state index is -0.642. The molecule has 49 heavy (non-hydrogen) atoms. The predicted octanol–water partition coefficient (Wildman–Crippen LogP) is 11.4. The van der Waals surface area contributed by atoms with Crippen LogP contribution in [-0.4, -0.2) is 5.78 Å². The van der Waals surface area contributed by atoms with Crippen LogP contribution in [-0.2, 0) is 10.8 Å². The fourth-order valence-corrected chi connectivity index (χ4v) is 8.47. The number of fused-ring (bicyclic) bond motifs is 4. The maximum atomic E-state index is 13.8. The Hall–Kier alpha value is -5.99. The fraction of sp³-hybridized carbons (Fsp3) is 0.0851. The summed E-state index contributed by atoms with van der Waals surface area (Å²) < 4.78 is 0. The zero-order valence-corrected chi connectivity index (χ0v) is 27.6. The molecule has 2 aliphatic rings. The van der Waals surface area contributed by atoms with Gasteiger partial charge < -0.3 is 4.90 Å². The van der Waals surface area contributed by atoms with Gasteiger partial charge in [-0.2, -0.15) is 0 Å². The highest BCUT2D eigenvalue weighted by Crippen LogP contribution is 2.53. The normalized spacial score (nSPS) is 15.1. The Labute approximate surface area is 288 Å². The summed E-state index contributed by atoms with van der Waals surface area (Å²) in [6.07, 6.45) is 0. The highest BCUT2D eigenvalue weighted by molar-refractivity contribution is 6.14. The van der Waals surface area contributed by atoms with Gasteiger partial charge in [0.1, 0.15) is 0 Å². The molecule has 0 unspecified atom stereocenters. The van der Waals surface area contributed by atoms with Gasteiger partial charge in [0.25, 0.3) is 0 Å². The molecule has 0 bridgehead atoms. The molecule has 7 aromatic rings. The summed E-state index contributed by atoms with van der Waals surface area (Å²) in [6.45, 7) is 4.64. The molecule has 1 aliphatic carbocycles. The second-order valence-electron chi connectivity index (χ2n) is 13.7. The van der Waals surface area contributed by atoms with E-state index in [9.17, 15) is 4.79 Å². The fourth-order valence-electron chi connectivity index (χ4n) is 8.47. The smallest absolute Gasteiger partial charge is 0.193 e. The number of para-hydroxylation sites is 2. The molecule has 0 fully saturated rings. The maximum absolute atomic E-state index is 13.8. The number of benzene rings is 7. The summed E-state index contributed by atoms with van der Waals surface area (Å²) in [7, 11) is 0. The molecule has 0 atom stereocenters. The Balaban J connectivity index is 1.19. The Morgan fingerprint density at radius 1 is 0.429 bits per heavy atom. The van der Waals surface area contributed by atoms with Gasteiger partial charge in [0.2, 0.25) is 0 Å². The molecule has 9 rings (SSSR count). The van der Waals surface area contributed by atoms with Gasteiger partial charge in [-0.3, -0.25) is 4.79 Å². The first-order chi connectivity index (χ1) is 24.0. The summed E-state index contributed by atoms with van der Waals surface area (Å²) in [5.41, 5.74) is 13.6. The van der Waals surface area contributed by atoms with E-state index in [1.165, 1.54) is 22.5 Å². The number of rotatable bonds is 4. The molecule has 0 amide bonds. The van der Waals surface area contributed by atoms with Crippen molar-refractivity contribution in [2.45, 2.75) is 24.7 Å². The van der Waals surface area contributed by atoms with E-state index in [4.69, 9.17) is 0 Å². The van der Waals surface area contributed by atoms with Crippen molar-refractivity contribution in [3.8, 4) is 11.1 Å². The van der Waals surface area contributed by atoms with E-state index in [1.807, 2.05) is 24.3 Å². The standard InChI is InChI=1S/C47H35NO/c1-46(2)41-23-10-12-25-43(41)48(44-26-13-11-24-42(44)46)36-18-14-15-33(31-36)32-27-29-35(30-28-32)47(34-16-4-3-5-17-34)39-21-8-6-19-37(39)45(49)38-20-7-9-22-40(38)47/h3-31H,1-2H3. The van der Waals surface area contributed by atoms with E-state index in [0.29, 0.717) is 0 Å². The predicted molar refractivity (Wildman–Crippen MR) is 200 cm³/mol. The van der Waals surface area contributed by atoms with Crippen LogP contribution in [0, 0.1) is 0 Å². The SMILES string of the molecule is CC1(C)c2ccccc2N(c2cccc(-c3ccc(C4(c5ccccc5)c5ccccc5C(=O)c5ccccc54)cc3)c2)c2ccccc21. The van der Waals surface area contributed by atoms with Crippen LogP contribution in [0.5, 0.6) is 0 Å². The van der Waals surface area contributed by atoms with E-state index >= 15 is 0 Å². The van der Waals surface area contributed by atoms with E-state index in [2.05, 4.69) is 170 Å². The third-order valence-corrected chi connectivity index (χ3v) is 10.8. The van der Waals surface area contributed by atoms with Crippen molar-refractivity contribution in [1.82, 2.24) is 0 Å². The Morgan fingerprint density at radius 2 is 0.918 bits per heavy atom. The summed E-state index contributed by atoms with van der Waals surface area (Å²) in [5, 5.41) is 0. The van der Waals surface area contributed by atoms with Crippen molar-refractivity contribution in [3.05, 3.63) is 220 Å². The van der Waals surface area contributed by atoms with Gasteiger partial charge in [-0.25, -0.2) is 0 Å². The van der Waals surface area contributed by atoms with Crippen molar-refractivity contribution < 1.29 is 4.79 Å². The van der Waals surface area contributed by atoms with Crippen molar-refractivity contribution in [2.24, 2.45) is 0 Å². The van der Waals surface area contributed by atoms with Crippen LogP contribution in [0.2, 0.25) is 0 Å². The molecule has 234 valence electrons. The van der Waals surface area contributed by atoms with Crippen LogP contribution in [0.4, 0.5) is 17.1 Å². The van der Waals surface area contributed by atoms with Gasteiger partial charge >= 0.3 is 0 Å². The number of carbonyl (C=O) groups excluding carboxylic acids is 1. The molecule has 0 N–H and O–H groups in total. The molecule has 0 aromatic heterocycles. The number of hydrogen-bond donors (Lipinski definition) is 0. The second-order valence-corrected chi connectivity index (χ2v) is 13.7. The van der Waals surface area contributed by atoms with Crippen molar-refractivity contribution >= 4 is 22.8 Å². The van der Waals surface area contributed by atoms with Crippen LogP contribution in [0.3, 0.4) is 0 Å². The van der Waals surface area contributed by atoms with Crippen molar-refractivity contribution in [3.63, 3.8) is 0 Å². The van der Waals surface area contributed by atoms with Crippen molar-refractivity contribution in [2.75, 3.05) is 4.90 Å². The summed E-state index contributed by atoms with van der Waals surface area (Å²) >= 11 is 0. The number of nitrogens with zero attached hydrogens (tertiary/aromatic N) is 1. The number of ketones is 1. The first kappa shape index (κ1) is 29.2. The van der Waals surface area contributed by atoms with E-state index < -0.39 is 5.41 Å². The van der Waals surface area contributed by atoms with Gasteiger partial charge in [-0.05, 0) is 68.8 Å². The highest BCUT2D eigenvalue weighted by atomic mass is 16.1. The molecule has 0 saturated heterocycles. The van der Waals surface area contributed by atoms with Crippen LogP contribution in [0.1, 0.15) is 63.1 Å². The van der Waals surface area contributed by atoms with E-state index in [-0.39, 0.29) is 11.2 Å². The molecule has 7 aromatic carbocycles. The average Bonchev–Trinajstić information content (AvgIpc) is 3.16. The maximum Gasteiger partial charge on any atom is 0.193 e. The average molecular weight is 630 g/mol. The summed E-state index contributed by atoms with van der Waals surface area (Å²) in [4.78, 5) is 16.3. The minimum Gasteiger partial charge on any atom is -0.310 e. The minimum absolute atomic E-state index is 0.0791. The van der Waals surface area contributed by atoms with E-state index in [1.54, 1.807) is 0 Å². The molecule has 2 nitrogen and oxygen atoms in total. The van der Waals surface area contributed by atoms with Gasteiger partial charge in [-0.1, -0.05) is 166 Å². The molecule has 1 aliphatic heterocycles. The number of anilines is 3. The molecule has 0 radical (unpaired) electrons. The zero-order valence-electron chi connectivity index (χ0n) is 27.6. The Kier molecular flexibility index (Phi) is 6.57. The van der Waals surface area contributed by atoms with Crippen LogP contribution in [0.25, 0.3) is 11.1 Å². The first-order valence-corrected chi connectivity index (χ1v) is 17.0. The zero-order chi connectivity index (χ0) is 33.2. The van der Waals surface area contributed by atoms with Gasteiger partial charge in [0.15, 0.2) is 5.78 Å². The lowest BCUT2D eigenvalue weighted by molar-refractivity contribution is 0.103. The van der Waals surface area contributed by atoms with Crippen molar-refractivity contribution in [1.29, 1.82) is 0 Å². The second kappa shape index (κ2) is 11.0. The lowest BCUT2D eigenvalue weighted by atomic mass is 9.59. The van der Waals surface area contributed by atoms with Gasteiger partial charge in [0.05, 0.1) is 16.8 Å². The molecule has 0 saturated carbocycles. The van der Waals surface area contributed by atoms with Crippen LogP contribution in [0.15, 0.2) is 176 Å². The van der Waals surface area contributed by atoms with Crippen LogP contribution < -0.4 is 4.90 Å². The Morgan fingerprint density at radius 3 is 1.51 bits per heavy atom. The molecule has 2 heteroatoms. The third-order valence-electron chi connectivity index (χ3n) is 10.8. The number of carbonyl (C=O) groups is 1. The molecule has 0 spiro atoms.